The van der Waals surface area contributed by atoms with Crippen molar-refractivity contribution in [1.29, 1.82) is 0 Å². The molecule has 3 aromatic rings. The summed E-state index contributed by atoms with van der Waals surface area (Å²) in [6.07, 6.45) is 1.09. The Morgan fingerprint density at radius 2 is 1.81 bits per heavy atom. The molecule has 0 aliphatic carbocycles. The van der Waals surface area contributed by atoms with Gasteiger partial charge in [-0.15, -0.1) is 0 Å². The Labute approximate surface area is 150 Å². The fraction of sp³-hybridized carbons (Fsp3) is 0.167. The van der Waals surface area contributed by atoms with Crippen LogP contribution < -0.4 is 10.9 Å². The number of sulfone groups is 1. The number of aromatic nitrogens is 2. The molecule has 134 valence electrons. The second-order valence-corrected chi connectivity index (χ2v) is 7.96. The van der Waals surface area contributed by atoms with Gasteiger partial charge in [-0.05, 0) is 31.2 Å². The molecule has 0 atom stereocenters. The van der Waals surface area contributed by atoms with Gasteiger partial charge in [-0.25, -0.2) is 13.1 Å². The maximum absolute atomic E-state index is 12.5. The van der Waals surface area contributed by atoms with E-state index in [2.05, 4.69) is 10.4 Å². The number of hydrogen-bond acceptors (Lipinski definition) is 5. The van der Waals surface area contributed by atoms with Gasteiger partial charge >= 0.3 is 0 Å². The van der Waals surface area contributed by atoms with E-state index in [1.807, 2.05) is 6.07 Å². The standard InChI is InChI=1S/C18H17N3O4S/c1-12-15-8-3-4-9-16(15)18(23)21(20-12)11-17(22)19-13-6-5-7-14(10-13)26(2,24)25/h3-10H,11H2,1-2H3,(H,19,22). The molecule has 0 saturated carbocycles. The predicted octanol–water partition coefficient (Wildman–Crippen LogP) is 1.75. The lowest BCUT2D eigenvalue weighted by Crippen LogP contribution is -2.30. The van der Waals surface area contributed by atoms with E-state index in [4.69, 9.17) is 0 Å². The highest BCUT2D eigenvalue weighted by Crippen LogP contribution is 2.15. The second-order valence-electron chi connectivity index (χ2n) is 5.94. The van der Waals surface area contributed by atoms with Gasteiger partial charge in [0.1, 0.15) is 6.54 Å². The minimum Gasteiger partial charge on any atom is -0.324 e. The van der Waals surface area contributed by atoms with E-state index in [9.17, 15) is 18.0 Å². The number of anilines is 1. The number of nitrogens with zero attached hydrogens (tertiary/aromatic N) is 2. The number of amides is 1. The smallest absolute Gasteiger partial charge is 0.275 e. The van der Waals surface area contributed by atoms with E-state index in [1.165, 1.54) is 18.2 Å². The van der Waals surface area contributed by atoms with Gasteiger partial charge in [-0.2, -0.15) is 5.10 Å². The van der Waals surface area contributed by atoms with Crippen LogP contribution >= 0.6 is 0 Å². The maximum atomic E-state index is 12.5. The lowest BCUT2D eigenvalue weighted by Gasteiger charge is -2.10. The number of fused-ring (bicyclic) bond motifs is 1. The summed E-state index contributed by atoms with van der Waals surface area (Å²) in [5, 5.41) is 8.02. The summed E-state index contributed by atoms with van der Waals surface area (Å²) in [5.74, 6) is -0.472. The predicted molar refractivity (Wildman–Crippen MR) is 98.9 cm³/mol. The molecule has 0 aliphatic heterocycles. The fourth-order valence-corrected chi connectivity index (χ4v) is 3.32. The number of nitrogens with one attached hydrogen (secondary N) is 1. The molecule has 1 N–H and O–H groups in total. The Morgan fingerprint density at radius 1 is 1.12 bits per heavy atom. The average Bonchev–Trinajstić information content (AvgIpc) is 2.59. The molecule has 7 nitrogen and oxygen atoms in total. The van der Waals surface area contributed by atoms with Crippen LogP contribution in [0.5, 0.6) is 0 Å². The van der Waals surface area contributed by atoms with Crippen molar-refractivity contribution in [3.05, 3.63) is 64.6 Å². The Bertz CT molecular complexity index is 1170. The number of carbonyl (C=O) groups is 1. The summed E-state index contributed by atoms with van der Waals surface area (Å²) in [5.41, 5.74) is 0.627. The Balaban J connectivity index is 1.86. The molecule has 3 rings (SSSR count). The molecule has 0 saturated heterocycles. The Kier molecular flexibility index (Phi) is 4.60. The molecule has 1 amide bonds. The zero-order valence-electron chi connectivity index (χ0n) is 14.3. The monoisotopic (exact) mass is 371 g/mol. The zero-order valence-corrected chi connectivity index (χ0v) is 15.1. The van der Waals surface area contributed by atoms with Crippen LogP contribution in [0.2, 0.25) is 0 Å². The molecular formula is C18H17N3O4S. The van der Waals surface area contributed by atoms with Crippen molar-refractivity contribution in [3.8, 4) is 0 Å². The van der Waals surface area contributed by atoms with Crippen LogP contribution in [0.15, 0.2) is 58.2 Å². The minimum atomic E-state index is -3.38. The van der Waals surface area contributed by atoms with Gasteiger partial charge in [0.05, 0.1) is 16.0 Å². The maximum Gasteiger partial charge on any atom is 0.275 e. The molecule has 0 aliphatic rings. The van der Waals surface area contributed by atoms with Crippen LogP contribution in [0, 0.1) is 6.92 Å². The average molecular weight is 371 g/mol. The molecule has 0 unspecified atom stereocenters. The van der Waals surface area contributed by atoms with Crippen LogP contribution in [0.3, 0.4) is 0 Å². The molecule has 8 heteroatoms. The van der Waals surface area contributed by atoms with Gasteiger partial charge in [0, 0.05) is 17.3 Å². The quantitative estimate of drug-likeness (QED) is 0.753. The molecule has 1 aromatic heterocycles. The third kappa shape index (κ3) is 3.65. The number of aryl methyl sites for hydroxylation is 1. The zero-order chi connectivity index (χ0) is 18.9. The summed E-state index contributed by atoms with van der Waals surface area (Å²) in [6.45, 7) is 1.50. The summed E-state index contributed by atoms with van der Waals surface area (Å²) in [6, 6.07) is 13.0. The third-order valence-corrected chi connectivity index (χ3v) is 5.00. The van der Waals surface area contributed by atoms with Crippen LogP contribution in [-0.4, -0.2) is 30.4 Å². The van der Waals surface area contributed by atoms with E-state index in [0.717, 1.165) is 16.3 Å². The van der Waals surface area contributed by atoms with E-state index < -0.39 is 15.7 Å². The van der Waals surface area contributed by atoms with Crippen molar-refractivity contribution in [2.75, 3.05) is 11.6 Å². The van der Waals surface area contributed by atoms with Gasteiger partial charge < -0.3 is 5.32 Å². The number of benzene rings is 2. The van der Waals surface area contributed by atoms with E-state index in [0.29, 0.717) is 16.8 Å². The minimum absolute atomic E-state index is 0.104. The largest absolute Gasteiger partial charge is 0.324 e. The molecule has 0 spiro atoms. The second kappa shape index (κ2) is 6.72. The number of hydrogen-bond donors (Lipinski definition) is 1. The van der Waals surface area contributed by atoms with Crippen molar-refractivity contribution in [3.63, 3.8) is 0 Å². The first-order chi connectivity index (χ1) is 12.3. The highest BCUT2D eigenvalue weighted by atomic mass is 32.2. The van der Waals surface area contributed by atoms with Crippen LogP contribution in [0.25, 0.3) is 10.8 Å². The molecule has 26 heavy (non-hydrogen) atoms. The normalized spacial score (nSPS) is 11.5. The Morgan fingerprint density at radius 3 is 2.50 bits per heavy atom. The SMILES string of the molecule is Cc1nn(CC(=O)Nc2cccc(S(C)(=O)=O)c2)c(=O)c2ccccc12. The van der Waals surface area contributed by atoms with Crippen LogP contribution in [0.4, 0.5) is 5.69 Å². The molecule has 2 aromatic carbocycles. The van der Waals surface area contributed by atoms with Gasteiger partial charge in [-0.1, -0.05) is 24.3 Å². The molecule has 0 bridgehead atoms. The molecule has 0 fully saturated rings. The van der Waals surface area contributed by atoms with E-state index in [-0.39, 0.29) is 17.0 Å². The third-order valence-electron chi connectivity index (χ3n) is 3.89. The van der Waals surface area contributed by atoms with Gasteiger partial charge in [-0.3, -0.25) is 9.59 Å². The first-order valence-electron chi connectivity index (χ1n) is 7.82. The van der Waals surface area contributed by atoms with Gasteiger partial charge in [0.2, 0.25) is 5.91 Å². The fourth-order valence-electron chi connectivity index (χ4n) is 2.65. The molecule has 0 radical (unpaired) electrons. The van der Waals surface area contributed by atoms with Crippen molar-refractivity contribution in [2.24, 2.45) is 0 Å². The van der Waals surface area contributed by atoms with Crippen LogP contribution in [-0.2, 0) is 21.2 Å². The van der Waals surface area contributed by atoms with E-state index >= 15 is 0 Å². The lowest BCUT2D eigenvalue weighted by atomic mass is 10.1. The van der Waals surface area contributed by atoms with Crippen LogP contribution in [0.1, 0.15) is 5.69 Å². The highest BCUT2D eigenvalue weighted by Gasteiger charge is 2.12. The van der Waals surface area contributed by atoms with Crippen molar-refractivity contribution in [1.82, 2.24) is 9.78 Å². The first-order valence-corrected chi connectivity index (χ1v) is 9.71. The van der Waals surface area contributed by atoms with Crippen molar-refractivity contribution >= 4 is 32.2 Å². The number of rotatable bonds is 4. The molecule has 1 heterocycles. The topological polar surface area (TPSA) is 98.1 Å². The summed E-state index contributed by atoms with van der Waals surface area (Å²) >= 11 is 0. The van der Waals surface area contributed by atoms with Crippen molar-refractivity contribution in [2.45, 2.75) is 18.4 Å². The van der Waals surface area contributed by atoms with Gasteiger partial charge in [0.25, 0.3) is 5.56 Å². The highest BCUT2D eigenvalue weighted by molar-refractivity contribution is 7.90. The summed E-state index contributed by atoms with van der Waals surface area (Å²) in [7, 11) is -3.38. The Hall–Kier alpha value is -3.00. The molecular weight excluding hydrogens is 354 g/mol. The lowest BCUT2D eigenvalue weighted by molar-refractivity contribution is -0.117. The van der Waals surface area contributed by atoms with E-state index in [1.54, 1.807) is 31.2 Å². The first kappa shape index (κ1) is 17.8. The summed E-state index contributed by atoms with van der Waals surface area (Å²) in [4.78, 5) is 24.9. The van der Waals surface area contributed by atoms with Gasteiger partial charge in [0.15, 0.2) is 9.84 Å². The number of carbonyl (C=O) groups excluding carboxylic acids is 1. The van der Waals surface area contributed by atoms with Crippen molar-refractivity contribution < 1.29 is 13.2 Å². The summed E-state index contributed by atoms with van der Waals surface area (Å²) < 4.78 is 24.3.